The van der Waals surface area contributed by atoms with Crippen LogP contribution in [0.2, 0.25) is 0 Å². The maximum absolute atomic E-state index is 11.6. The first kappa shape index (κ1) is 24.7. The Kier molecular flexibility index (Phi) is 9.06. The van der Waals surface area contributed by atoms with Gasteiger partial charge in [0.25, 0.3) is 0 Å². The van der Waals surface area contributed by atoms with Crippen LogP contribution in [0.4, 0.5) is 10.6 Å². The first-order chi connectivity index (χ1) is 15.4. The molecule has 12 heteroatoms. The number of alkyl carbamates (subject to hydrolysis) is 1. The molecule has 0 aromatic carbocycles. The minimum absolute atomic E-state index is 0.388. The molecule has 2 N–H and O–H groups in total. The minimum atomic E-state index is -0.481. The number of carbonyl (C=O) groups is 1. The van der Waals surface area contributed by atoms with Crippen molar-refractivity contribution in [2.24, 2.45) is 0 Å². The summed E-state index contributed by atoms with van der Waals surface area (Å²) in [4.78, 5) is 16.3. The number of ether oxygens (including phenoxy) is 2. The Morgan fingerprint density at radius 2 is 2.09 bits per heavy atom. The monoisotopic (exact) mass is 574 g/mol. The highest BCUT2D eigenvalue weighted by molar-refractivity contribution is 14.2. The van der Waals surface area contributed by atoms with Crippen LogP contribution < -0.4 is 10.6 Å². The third-order valence-corrected chi connectivity index (χ3v) is 6.19. The zero-order chi connectivity index (χ0) is 23.0. The molecule has 1 amide bonds. The number of aromatic nitrogens is 4. The molecule has 0 saturated carbocycles. The Morgan fingerprint density at radius 3 is 2.81 bits per heavy atom. The zero-order valence-electron chi connectivity index (χ0n) is 18.4. The van der Waals surface area contributed by atoms with Gasteiger partial charge in [-0.3, -0.25) is 0 Å². The predicted octanol–water partition coefficient (Wildman–Crippen LogP) is 4.61. The van der Waals surface area contributed by atoms with Gasteiger partial charge in [0.1, 0.15) is 17.7 Å². The van der Waals surface area contributed by atoms with E-state index in [-0.39, 0.29) is 6.09 Å². The third-order valence-electron chi connectivity index (χ3n) is 4.30. The van der Waals surface area contributed by atoms with Gasteiger partial charge in [0.05, 0.1) is 47.5 Å². The van der Waals surface area contributed by atoms with Crippen molar-refractivity contribution >= 4 is 51.2 Å². The Hall–Kier alpha value is -1.98. The largest absolute Gasteiger partial charge is 0.444 e. The highest BCUT2D eigenvalue weighted by atomic mass is 127. The molecule has 3 aromatic heterocycles. The van der Waals surface area contributed by atoms with Crippen molar-refractivity contribution in [2.45, 2.75) is 39.2 Å². The van der Waals surface area contributed by atoms with Crippen LogP contribution in [0.5, 0.6) is 0 Å². The normalized spacial score (nSPS) is 12.0. The third kappa shape index (κ3) is 7.28. The topological polar surface area (TPSA) is 116 Å². The maximum Gasteiger partial charge on any atom is 0.407 e. The number of fused-ring (bicyclic) bond motifs is 1. The van der Waals surface area contributed by atoms with Crippen LogP contribution in [0.3, 0.4) is 0 Å². The van der Waals surface area contributed by atoms with Gasteiger partial charge in [0.15, 0.2) is 0 Å². The van der Waals surface area contributed by atoms with Gasteiger partial charge in [-0.2, -0.15) is 5.10 Å². The highest BCUT2D eigenvalue weighted by Crippen LogP contribution is 2.33. The number of unbranched alkanes of at least 4 members (excludes halogenated alkanes) is 1. The van der Waals surface area contributed by atoms with Crippen LogP contribution in [0.15, 0.2) is 29.2 Å². The quantitative estimate of drug-likeness (QED) is 0.194. The lowest BCUT2D eigenvalue weighted by atomic mass is 10.2. The standard InChI is InChI=1S/C20H28IN6O4P/c1-20(2,3)31-19(28)23-6-4-5-8-29-9-7-22-18-15-12-24-27(32-21)17(15)10-16(26-18)14-11-25-30-13-14/h10-13,32H,4-9H2,1-3H3,(H,22,26)(H,23,28). The summed E-state index contributed by atoms with van der Waals surface area (Å²) < 4.78 is 17.8. The van der Waals surface area contributed by atoms with E-state index in [1.165, 1.54) is 0 Å². The van der Waals surface area contributed by atoms with Gasteiger partial charge in [-0.25, -0.2) is 14.2 Å². The van der Waals surface area contributed by atoms with Crippen LogP contribution in [0.1, 0.15) is 33.6 Å². The molecule has 3 rings (SSSR count). The van der Waals surface area contributed by atoms with E-state index < -0.39 is 5.60 Å². The maximum atomic E-state index is 11.6. The van der Waals surface area contributed by atoms with Gasteiger partial charge in [0, 0.05) is 19.7 Å². The molecule has 1 unspecified atom stereocenters. The number of anilines is 1. The second-order valence-electron chi connectivity index (χ2n) is 8.02. The van der Waals surface area contributed by atoms with Crippen LogP contribution in [-0.4, -0.2) is 57.7 Å². The van der Waals surface area contributed by atoms with Crippen molar-refractivity contribution < 1.29 is 18.8 Å². The van der Waals surface area contributed by atoms with Crippen LogP contribution >= 0.6 is 28.4 Å². The van der Waals surface area contributed by atoms with Gasteiger partial charge < -0.3 is 24.6 Å². The Bertz CT molecular complexity index is 1010. The molecule has 0 aliphatic heterocycles. The van der Waals surface area contributed by atoms with Gasteiger partial charge in [-0.1, -0.05) is 5.16 Å². The Morgan fingerprint density at radius 1 is 1.25 bits per heavy atom. The molecule has 174 valence electrons. The summed E-state index contributed by atoms with van der Waals surface area (Å²) in [5.41, 5.74) is 2.11. The summed E-state index contributed by atoms with van der Waals surface area (Å²) in [6, 6.07) is 1.99. The molecular formula is C20H28IN6O4P. The number of rotatable bonds is 11. The summed E-state index contributed by atoms with van der Waals surface area (Å²) in [5.74, 6) is 0.754. The number of pyridine rings is 1. The summed E-state index contributed by atoms with van der Waals surface area (Å²) in [5, 5.41) is 15.3. The van der Waals surface area contributed by atoms with Crippen molar-refractivity contribution in [3.8, 4) is 11.3 Å². The predicted molar refractivity (Wildman–Crippen MR) is 134 cm³/mol. The van der Waals surface area contributed by atoms with Crippen molar-refractivity contribution in [1.82, 2.24) is 25.0 Å². The van der Waals surface area contributed by atoms with E-state index in [0.29, 0.717) is 32.7 Å². The van der Waals surface area contributed by atoms with E-state index in [4.69, 9.17) is 19.0 Å². The van der Waals surface area contributed by atoms with Crippen molar-refractivity contribution in [2.75, 3.05) is 31.6 Å². The fraction of sp³-hybridized carbons (Fsp3) is 0.500. The molecule has 1 atom stereocenters. The Labute approximate surface area is 201 Å². The number of hydrogen-bond donors (Lipinski definition) is 2. The Balaban J connectivity index is 1.42. The zero-order valence-corrected chi connectivity index (χ0v) is 21.5. The smallest absolute Gasteiger partial charge is 0.407 e. The molecule has 0 fully saturated rings. The number of hydrogen-bond acceptors (Lipinski definition) is 8. The van der Waals surface area contributed by atoms with E-state index in [0.717, 1.165) is 40.8 Å². The first-order valence-corrected chi connectivity index (χ1v) is 14.4. The van der Waals surface area contributed by atoms with Crippen molar-refractivity contribution in [3.63, 3.8) is 0 Å². The average molecular weight is 574 g/mol. The number of nitrogens with zero attached hydrogens (tertiary/aromatic N) is 4. The van der Waals surface area contributed by atoms with Gasteiger partial charge in [0.2, 0.25) is 0 Å². The summed E-state index contributed by atoms with van der Waals surface area (Å²) in [6.45, 7) is 7.87. The van der Waals surface area contributed by atoms with Gasteiger partial charge in [-0.05, 0) is 61.7 Å². The minimum Gasteiger partial charge on any atom is -0.444 e. The number of halogens is 1. The molecule has 0 spiro atoms. The number of nitrogens with one attached hydrogen (secondary N) is 2. The lowest BCUT2D eigenvalue weighted by Gasteiger charge is -2.19. The molecule has 0 radical (unpaired) electrons. The molecule has 3 aromatic rings. The van der Waals surface area contributed by atoms with E-state index in [1.54, 1.807) is 12.5 Å². The highest BCUT2D eigenvalue weighted by Gasteiger charge is 2.15. The molecule has 0 aliphatic carbocycles. The second-order valence-corrected chi connectivity index (χ2v) is 10.1. The SMILES string of the molecule is CC(C)(C)OC(=O)NCCCCOCCNc1nc(-c2cnoc2)cc2c1cnn2PI. The average Bonchev–Trinajstić information content (AvgIpc) is 3.40. The van der Waals surface area contributed by atoms with Crippen LogP contribution in [0.25, 0.3) is 22.2 Å². The van der Waals surface area contributed by atoms with Gasteiger partial charge >= 0.3 is 6.09 Å². The van der Waals surface area contributed by atoms with Gasteiger partial charge in [-0.15, -0.1) is 0 Å². The first-order valence-electron chi connectivity index (χ1n) is 10.3. The van der Waals surface area contributed by atoms with Crippen molar-refractivity contribution in [1.29, 1.82) is 0 Å². The van der Waals surface area contributed by atoms with Crippen LogP contribution in [-0.2, 0) is 9.47 Å². The molecule has 10 nitrogen and oxygen atoms in total. The molecule has 3 heterocycles. The van der Waals surface area contributed by atoms with E-state index in [9.17, 15) is 4.79 Å². The number of amides is 1. The van der Waals surface area contributed by atoms with E-state index in [1.807, 2.05) is 37.5 Å². The van der Waals surface area contributed by atoms with E-state index in [2.05, 4.69) is 42.9 Å². The lowest BCUT2D eigenvalue weighted by molar-refractivity contribution is 0.0524. The summed E-state index contributed by atoms with van der Waals surface area (Å²) in [7, 11) is 0. The molecule has 32 heavy (non-hydrogen) atoms. The van der Waals surface area contributed by atoms with Crippen LogP contribution in [0, 0.1) is 0 Å². The van der Waals surface area contributed by atoms with Crippen molar-refractivity contribution in [3.05, 3.63) is 24.7 Å². The van der Waals surface area contributed by atoms with E-state index >= 15 is 0 Å². The molecule has 0 saturated heterocycles. The lowest BCUT2D eigenvalue weighted by Crippen LogP contribution is -2.33. The molecule has 0 aliphatic rings. The fourth-order valence-corrected chi connectivity index (χ4v) is 4.41. The molecular weight excluding hydrogens is 546 g/mol. The summed E-state index contributed by atoms with van der Waals surface area (Å²) in [6.07, 6.45) is 6.82. The number of carbonyl (C=O) groups excluding carboxylic acids is 1. The fourth-order valence-electron chi connectivity index (χ4n) is 2.88. The molecule has 0 bridgehead atoms. The second kappa shape index (κ2) is 11.8. The summed E-state index contributed by atoms with van der Waals surface area (Å²) >= 11 is 2.30.